The van der Waals surface area contributed by atoms with E-state index in [1.807, 2.05) is 0 Å². The predicted molar refractivity (Wildman–Crippen MR) is 65.2 cm³/mol. The minimum Gasteiger partial charge on any atom is -0.349 e. The molecule has 4 heteroatoms. The highest BCUT2D eigenvalue weighted by molar-refractivity contribution is 5.94. The molecule has 0 spiro atoms. The largest absolute Gasteiger partial charge is 0.349 e. The normalized spacial score (nSPS) is 23.1. The molecule has 0 saturated heterocycles. The summed E-state index contributed by atoms with van der Waals surface area (Å²) in [5.41, 5.74) is 0.471. The zero-order valence-electron chi connectivity index (χ0n) is 10.0. The number of nitrogens with one attached hydrogen (secondary N) is 1. The lowest BCUT2D eigenvalue weighted by molar-refractivity contribution is 0.0925. The molecule has 1 aromatic rings. The highest BCUT2D eigenvalue weighted by Gasteiger charge is 2.22. The zero-order chi connectivity index (χ0) is 13.0. The van der Waals surface area contributed by atoms with Gasteiger partial charge in [-0.15, -0.1) is 0 Å². The van der Waals surface area contributed by atoms with Crippen LogP contribution >= 0.6 is 0 Å². The molecule has 18 heavy (non-hydrogen) atoms. The zero-order valence-corrected chi connectivity index (χ0v) is 10.0. The van der Waals surface area contributed by atoms with Crippen molar-refractivity contribution >= 4 is 5.91 Å². The smallest absolute Gasteiger partial charge is 0.251 e. The van der Waals surface area contributed by atoms with E-state index < -0.39 is 0 Å². The van der Waals surface area contributed by atoms with Crippen molar-refractivity contribution < 1.29 is 9.18 Å². The minimum absolute atomic E-state index is 0.129. The average Bonchev–Trinajstić information content (AvgIpc) is 2.40. The molecule has 2 rings (SSSR count). The van der Waals surface area contributed by atoms with Gasteiger partial charge in [-0.3, -0.25) is 4.79 Å². The van der Waals surface area contributed by atoms with Crippen LogP contribution in [0.4, 0.5) is 4.39 Å². The van der Waals surface area contributed by atoms with Crippen molar-refractivity contribution in [1.82, 2.24) is 5.32 Å². The van der Waals surface area contributed by atoms with E-state index >= 15 is 0 Å². The van der Waals surface area contributed by atoms with Crippen LogP contribution in [0, 0.1) is 23.1 Å². The third kappa shape index (κ3) is 3.07. The average molecular weight is 246 g/mol. The van der Waals surface area contributed by atoms with E-state index in [-0.39, 0.29) is 23.7 Å². The van der Waals surface area contributed by atoms with Crippen molar-refractivity contribution in [3.8, 4) is 6.07 Å². The second-order valence-corrected chi connectivity index (χ2v) is 4.66. The first kappa shape index (κ1) is 12.6. The van der Waals surface area contributed by atoms with Crippen molar-refractivity contribution in [3.05, 3.63) is 35.6 Å². The lowest BCUT2D eigenvalue weighted by atomic mass is 9.87. The van der Waals surface area contributed by atoms with Gasteiger partial charge in [0, 0.05) is 17.5 Å². The van der Waals surface area contributed by atoms with Gasteiger partial charge in [-0.2, -0.15) is 5.26 Å². The summed E-state index contributed by atoms with van der Waals surface area (Å²) < 4.78 is 12.7. The van der Waals surface area contributed by atoms with E-state index in [9.17, 15) is 9.18 Å². The predicted octanol–water partition coefficient (Wildman–Crippen LogP) is 2.64. The summed E-state index contributed by atoms with van der Waals surface area (Å²) >= 11 is 0. The molecule has 1 fully saturated rings. The fourth-order valence-corrected chi connectivity index (χ4v) is 2.24. The Morgan fingerprint density at radius 1 is 1.22 bits per heavy atom. The van der Waals surface area contributed by atoms with Gasteiger partial charge in [0.2, 0.25) is 0 Å². The third-order valence-electron chi connectivity index (χ3n) is 3.35. The standard InChI is InChI=1S/C14H15FN2O/c15-12-5-3-11(4-6-12)14(18)17-13-7-1-10(9-16)2-8-13/h3-6,10,13H,1-2,7-8H2,(H,17,18). The number of carbonyl (C=O) groups excluding carboxylic acids is 1. The number of nitrogens with zero attached hydrogens (tertiary/aromatic N) is 1. The van der Waals surface area contributed by atoms with Crippen molar-refractivity contribution in [2.24, 2.45) is 5.92 Å². The molecule has 0 atom stereocenters. The molecule has 1 aliphatic rings. The summed E-state index contributed by atoms with van der Waals surface area (Å²) in [7, 11) is 0. The molecule has 0 radical (unpaired) electrons. The van der Waals surface area contributed by atoms with Crippen LogP contribution in [0.5, 0.6) is 0 Å². The summed E-state index contributed by atoms with van der Waals surface area (Å²) in [6.45, 7) is 0. The molecule has 0 aromatic heterocycles. The maximum Gasteiger partial charge on any atom is 0.251 e. The molecule has 3 nitrogen and oxygen atoms in total. The van der Waals surface area contributed by atoms with Gasteiger partial charge in [0.15, 0.2) is 0 Å². The summed E-state index contributed by atoms with van der Waals surface area (Å²) in [4.78, 5) is 11.9. The molecule has 0 bridgehead atoms. The van der Waals surface area contributed by atoms with Crippen LogP contribution in [-0.4, -0.2) is 11.9 Å². The molecule has 1 saturated carbocycles. The summed E-state index contributed by atoms with van der Waals surface area (Å²) in [6.07, 6.45) is 3.35. The highest BCUT2D eigenvalue weighted by Crippen LogP contribution is 2.23. The van der Waals surface area contributed by atoms with Crippen LogP contribution < -0.4 is 5.32 Å². The summed E-state index contributed by atoms with van der Waals surface area (Å²) in [6, 6.07) is 7.91. The number of halogens is 1. The Morgan fingerprint density at radius 2 is 1.83 bits per heavy atom. The van der Waals surface area contributed by atoms with E-state index in [0.717, 1.165) is 25.7 Å². The van der Waals surface area contributed by atoms with Crippen LogP contribution in [0.15, 0.2) is 24.3 Å². The van der Waals surface area contributed by atoms with Crippen molar-refractivity contribution in [2.75, 3.05) is 0 Å². The van der Waals surface area contributed by atoms with Gasteiger partial charge < -0.3 is 5.32 Å². The Labute approximate surface area is 106 Å². The maximum atomic E-state index is 12.7. The van der Waals surface area contributed by atoms with Gasteiger partial charge in [0.05, 0.1) is 6.07 Å². The molecular formula is C14H15FN2O. The molecule has 0 unspecified atom stereocenters. The highest BCUT2D eigenvalue weighted by atomic mass is 19.1. The van der Waals surface area contributed by atoms with E-state index in [2.05, 4.69) is 11.4 Å². The van der Waals surface area contributed by atoms with Gasteiger partial charge in [-0.25, -0.2) is 4.39 Å². The number of hydrogen-bond acceptors (Lipinski definition) is 2. The Balaban J connectivity index is 1.89. The van der Waals surface area contributed by atoms with Gasteiger partial charge in [0.25, 0.3) is 5.91 Å². The Bertz CT molecular complexity index is 456. The van der Waals surface area contributed by atoms with Crippen molar-refractivity contribution in [3.63, 3.8) is 0 Å². The molecule has 0 aliphatic heterocycles. The number of hydrogen-bond donors (Lipinski definition) is 1. The lowest BCUT2D eigenvalue weighted by Crippen LogP contribution is -2.37. The third-order valence-corrected chi connectivity index (χ3v) is 3.35. The lowest BCUT2D eigenvalue weighted by Gasteiger charge is -2.25. The fourth-order valence-electron chi connectivity index (χ4n) is 2.24. The number of nitriles is 1. The molecule has 1 N–H and O–H groups in total. The molecule has 1 aromatic carbocycles. The monoisotopic (exact) mass is 246 g/mol. The summed E-state index contributed by atoms with van der Waals surface area (Å²) in [5, 5.41) is 11.7. The Kier molecular flexibility index (Phi) is 3.93. The second kappa shape index (κ2) is 5.63. The van der Waals surface area contributed by atoms with E-state index in [4.69, 9.17) is 5.26 Å². The topological polar surface area (TPSA) is 52.9 Å². The van der Waals surface area contributed by atoms with Crippen LogP contribution in [0.2, 0.25) is 0 Å². The van der Waals surface area contributed by atoms with Crippen LogP contribution in [0.25, 0.3) is 0 Å². The quantitative estimate of drug-likeness (QED) is 0.872. The first-order valence-corrected chi connectivity index (χ1v) is 6.15. The van der Waals surface area contributed by atoms with Gasteiger partial charge in [0.1, 0.15) is 5.82 Å². The van der Waals surface area contributed by atoms with Crippen LogP contribution in [0.3, 0.4) is 0 Å². The molecule has 94 valence electrons. The molecule has 1 amide bonds. The van der Waals surface area contributed by atoms with E-state index in [0.29, 0.717) is 5.56 Å². The second-order valence-electron chi connectivity index (χ2n) is 4.66. The molecule has 0 heterocycles. The SMILES string of the molecule is N#CC1CCC(NC(=O)c2ccc(F)cc2)CC1. The van der Waals surface area contributed by atoms with Crippen molar-refractivity contribution in [1.29, 1.82) is 5.26 Å². The Hall–Kier alpha value is -1.89. The molecule has 1 aliphatic carbocycles. The van der Waals surface area contributed by atoms with Crippen LogP contribution in [0.1, 0.15) is 36.0 Å². The first-order chi connectivity index (χ1) is 8.69. The number of carbonyl (C=O) groups is 1. The maximum absolute atomic E-state index is 12.7. The first-order valence-electron chi connectivity index (χ1n) is 6.15. The van der Waals surface area contributed by atoms with Gasteiger partial charge in [-0.1, -0.05) is 0 Å². The number of benzene rings is 1. The Morgan fingerprint density at radius 3 is 2.39 bits per heavy atom. The van der Waals surface area contributed by atoms with Gasteiger partial charge >= 0.3 is 0 Å². The van der Waals surface area contributed by atoms with E-state index in [1.165, 1.54) is 24.3 Å². The van der Waals surface area contributed by atoms with Gasteiger partial charge in [-0.05, 0) is 49.9 Å². The summed E-state index contributed by atoms with van der Waals surface area (Å²) in [5.74, 6) is -0.388. The molecular weight excluding hydrogens is 231 g/mol. The van der Waals surface area contributed by atoms with Crippen molar-refractivity contribution in [2.45, 2.75) is 31.7 Å². The minimum atomic E-state index is -0.346. The number of amides is 1. The number of rotatable bonds is 2. The van der Waals surface area contributed by atoms with Crippen LogP contribution in [-0.2, 0) is 0 Å². The fraction of sp³-hybridized carbons (Fsp3) is 0.429. The van der Waals surface area contributed by atoms with E-state index in [1.54, 1.807) is 0 Å².